The van der Waals surface area contributed by atoms with Crippen LogP contribution < -0.4 is 5.32 Å². The molecule has 1 nitrogen and oxygen atoms in total. The van der Waals surface area contributed by atoms with Gasteiger partial charge in [-0.05, 0) is 75.1 Å². The highest BCUT2D eigenvalue weighted by atomic mass is 32.1. The van der Waals surface area contributed by atoms with E-state index < -0.39 is 0 Å². The van der Waals surface area contributed by atoms with Gasteiger partial charge >= 0.3 is 0 Å². The average molecular weight is 294 g/mol. The summed E-state index contributed by atoms with van der Waals surface area (Å²) in [6.07, 6.45) is 8.03. The molecule has 1 aromatic rings. The van der Waals surface area contributed by atoms with Crippen LogP contribution in [0, 0.1) is 17.8 Å². The lowest BCUT2D eigenvalue weighted by molar-refractivity contribution is 0.184. The Balaban J connectivity index is 1.92. The molecule has 1 heterocycles. The Morgan fingerprint density at radius 2 is 1.95 bits per heavy atom. The largest absolute Gasteiger partial charge is 0.316 e. The standard InChI is InChI=1S/C18H31NS/c1-4-10-19-13-15-7-6-14(3)11-16(15)12-18-9-8-17(5-2)20-18/h8-9,14-16,19H,4-7,10-13H2,1-3H3. The van der Waals surface area contributed by atoms with Crippen LogP contribution in [0.4, 0.5) is 0 Å². The highest BCUT2D eigenvalue weighted by Gasteiger charge is 2.28. The SMILES string of the molecule is CCCNCC1CCC(C)CC1Cc1ccc(CC)s1. The molecule has 0 amide bonds. The third kappa shape index (κ3) is 4.60. The summed E-state index contributed by atoms with van der Waals surface area (Å²) in [7, 11) is 0. The molecule has 3 unspecified atom stereocenters. The van der Waals surface area contributed by atoms with Gasteiger partial charge in [-0.2, -0.15) is 0 Å². The first-order chi connectivity index (χ1) is 9.72. The maximum absolute atomic E-state index is 3.66. The second-order valence-corrected chi connectivity index (χ2v) is 7.82. The van der Waals surface area contributed by atoms with Gasteiger partial charge in [0.25, 0.3) is 0 Å². The third-order valence-electron chi connectivity index (χ3n) is 4.76. The Labute approximate surface area is 129 Å². The Morgan fingerprint density at radius 1 is 1.15 bits per heavy atom. The summed E-state index contributed by atoms with van der Waals surface area (Å²) < 4.78 is 0. The van der Waals surface area contributed by atoms with Crippen molar-refractivity contribution in [1.82, 2.24) is 5.32 Å². The van der Waals surface area contributed by atoms with Crippen LogP contribution in [0.3, 0.4) is 0 Å². The first-order valence-corrected chi connectivity index (χ1v) is 9.32. The van der Waals surface area contributed by atoms with Gasteiger partial charge in [-0.3, -0.25) is 0 Å². The zero-order valence-electron chi connectivity index (χ0n) is 13.5. The minimum absolute atomic E-state index is 0.893. The molecule has 0 aliphatic heterocycles. The molecule has 1 N–H and O–H groups in total. The van der Waals surface area contributed by atoms with Crippen LogP contribution in [0.15, 0.2) is 12.1 Å². The predicted molar refractivity (Wildman–Crippen MR) is 90.6 cm³/mol. The summed E-state index contributed by atoms with van der Waals surface area (Å²) in [5.41, 5.74) is 0. The molecular weight excluding hydrogens is 262 g/mol. The van der Waals surface area contributed by atoms with Gasteiger partial charge in [0.1, 0.15) is 0 Å². The van der Waals surface area contributed by atoms with Gasteiger partial charge in [0.15, 0.2) is 0 Å². The molecule has 1 aliphatic rings. The monoisotopic (exact) mass is 293 g/mol. The summed E-state index contributed by atoms with van der Waals surface area (Å²) in [5.74, 6) is 2.71. The highest BCUT2D eigenvalue weighted by molar-refractivity contribution is 7.11. The third-order valence-corrected chi connectivity index (χ3v) is 6.02. The summed E-state index contributed by atoms with van der Waals surface area (Å²) in [6, 6.07) is 4.70. The van der Waals surface area contributed by atoms with Gasteiger partial charge in [0.05, 0.1) is 0 Å². The number of aryl methyl sites for hydroxylation is 1. The first kappa shape index (κ1) is 16.0. The van der Waals surface area contributed by atoms with Gasteiger partial charge in [0.2, 0.25) is 0 Å². The molecule has 0 aromatic carbocycles. The van der Waals surface area contributed by atoms with E-state index in [9.17, 15) is 0 Å². The molecule has 1 aliphatic carbocycles. The lowest BCUT2D eigenvalue weighted by Crippen LogP contribution is -2.34. The van der Waals surface area contributed by atoms with Gasteiger partial charge in [-0.15, -0.1) is 11.3 Å². The van der Waals surface area contributed by atoms with Crippen LogP contribution in [0.5, 0.6) is 0 Å². The molecule has 0 radical (unpaired) electrons. The Kier molecular flexibility index (Phi) is 6.57. The second kappa shape index (κ2) is 8.19. The van der Waals surface area contributed by atoms with E-state index in [1.165, 1.54) is 51.6 Å². The molecule has 2 rings (SSSR count). The zero-order chi connectivity index (χ0) is 14.4. The van der Waals surface area contributed by atoms with E-state index in [1.807, 2.05) is 11.3 Å². The lowest BCUT2D eigenvalue weighted by atomic mass is 9.73. The van der Waals surface area contributed by atoms with E-state index in [1.54, 1.807) is 9.75 Å². The number of hydrogen-bond acceptors (Lipinski definition) is 2. The molecule has 2 heteroatoms. The number of nitrogens with one attached hydrogen (secondary N) is 1. The fourth-order valence-electron chi connectivity index (χ4n) is 3.52. The van der Waals surface area contributed by atoms with Crippen molar-refractivity contribution in [3.8, 4) is 0 Å². The summed E-state index contributed by atoms with van der Waals surface area (Å²) in [5, 5.41) is 3.66. The molecule has 3 atom stereocenters. The zero-order valence-corrected chi connectivity index (χ0v) is 14.3. The van der Waals surface area contributed by atoms with Crippen molar-refractivity contribution in [2.24, 2.45) is 17.8 Å². The van der Waals surface area contributed by atoms with Crippen molar-refractivity contribution in [2.75, 3.05) is 13.1 Å². The maximum Gasteiger partial charge on any atom is 0.00510 e. The Morgan fingerprint density at radius 3 is 2.65 bits per heavy atom. The number of hydrogen-bond donors (Lipinski definition) is 1. The van der Waals surface area contributed by atoms with Gasteiger partial charge in [-0.25, -0.2) is 0 Å². The average Bonchev–Trinajstić information content (AvgIpc) is 2.89. The molecule has 20 heavy (non-hydrogen) atoms. The second-order valence-electron chi connectivity index (χ2n) is 6.57. The van der Waals surface area contributed by atoms with Crippen LogP contribution in [0.2, 0.25) is 0 Å². The van der Waals surface area contributed by atoms with Crippen LogP contribution >= 0.6 is 11.3 Å². The number of rotatable bonds is 7. The van der Waals surface area contributed by atoms with Crippen LogP contribution in [0.1, 0.15) is 56.2 Å². The van der Waals surface area contributed by atoms with Crippen molar-refractivity contribution < 1.29 is 0 Å². The fourth-order valence-corrected chi connectivity index (χ4v) is 4.58. The van der Waals surface area contributed by atoms with E-state index in [0.717, 1.165) is 17.8 Å². The van der Waals surface area contributed by atoms with Gasteiger partial charge in [0, 0.05) is 9.75 Å². The smallest absolute Gasteiger partial charge is 0.00510 e. The van der Waals surface area contributed by atoms with Crippen LogP contribution in [0.25, 0.3) is 0 Å². The minimum atomic E-state index is 0.893. The minimum Gasteiger partial charge on any atom is -0.316 e. The van der Waals surface area contributed by atoms with Crippen molar-refractivity contribution in [3.05, 3.63) is 21.9 Å². The van der Waals surface area contributed by atoms with E-state index in [0.29, 0.717) is 0 Å². The van der Waals surface area contributed by atoms with Crippen molar-refractivity contribution >= 4 is 11.3 Å². The molecule has 0 spiro atoms. The van der Waals surface area contributed by atoms with E-state index in [2.05, 4.69) is 38.2 Å². The van der Waals surface area contributed by atoms with Crippen molar-refractivity contribution in [1.29, 1.82) is 0 Å². The lowest BCUT2D eigenvalue weighted by Gasteiger charge is -2.35. The fraction of sp³-hybridized carbons (Fsp3) is 0.778. The molecular formula is C18H31NS. The molecule has 0 bridgehead atoms. The highest BCUT2D eigenvalue weighted by Crippen LogP contribution is 2.36. The molecule has 1 aromatic heterocycles. The van der Waals surface area contributed by atoms with Crippen LogP contribution in [-0.4, -0.2) is 13.1 Å². The van der Waals surface area contributed by atoms with Crippen LogP contribution in [-0.2, 0) is 12.8 Å². The Hall–Kier alpha value is -0.340. The number of thiophene rings is 1. The van der Waals surface area contributed by atoms with Gasteiger partial charge in [-0.1, -0.05) is 27.2 Å². The van der Waals surface area contributed by atoms with E-state index in [-0.39, 0.29) is 0 Å². The first-order valence-electron chi connectivity index (χ1n) is 8.51. The quantitative estimate of drug-likeness (QED) is 0.705. The maximum atomic E-state index is 3.66. The molecule has 1 saturated carbocycles. The van der Waals surface area contributed by atoms with Crippen molar-refractivity contribution in [2.45, 2.75) is 59.3 Å². The summed E-state index contributed by atoms with van der Waals surface area (Å²) in [6.45, 7) is 9.37. The van der Waals surface area contributed by atoms with E-state index >= 15 is 0 Å². The topological polar surface area (TPSA) is 12.0 Å². The summed E-state index contributed by atoms with van der Waals surface area (Å²) in [4.78, 5) is 3.16. The normalized spacial score (nSPS) is 26.9. The summed E-state index contributed by atoms with van der Waals surface area (Å²) >= 11 is 2.04. The molecule has 1 fully saturated rings. The molecule has 0 saturated heterocycles. The molecule has 114 valence electrons. The van der Waals surface area contributed by atoms with E-state index in [4.69, 9.17) is 0 Å². The van der Waals surface area contributed by atoms with Gasteiger partial charge < -0.3 is 5.32 Å². The van der Waals surface area contributed by atoms with Crippen molar-refractivity contribution in [3.63, 3.8) is 0 Å². The Bertz CT molecular complexity index is 385. The predicted octanol–water partition coefficient (Wildman–Crippen LogP) is 4.91.